The minimum atomic E-state index is -0.0760. The average Bonchev–Trinajstić information content (AvgIpc) is 3.45. The number of carbonyl (C=O) groups excluding carboxylic acids is 1. The Balaban J connectivity index is 1.48. The van der Waals surface area contributed by atoms with Crippen molar-refractivity contribution < 1.29 is 4.79 Å². The number of rotatable bonds is 6. The van der Waals surface area contributed by atoms with E-state index in [0.29, 0.717) is 27.9 Å². The molecule has 8 heteroatoms. The lowest BCUT2D eigenvalue weighted by molar-refractivity contribution is 0.0941. The van der Waals surface area contributed by atoms with E-state index in [1.54, 1.807) is 29.8 Å². The quantitative estimate of drug-likeness (QED) is 0.686. The van der Waals surface area contributed by atoms with E-state index < -0.39 is 0 Å². The summed E-state index contributed by atoms with van der Waals surface area (Å²) in [6.07, 6.45) is 5.81. The monoisotopic (exact) mass is 399 g/mol. The van der Waals surface area contributed by atoms with Crippen molar-refractivity contribution in [3.8, 4) is 10.8 Å². The van der Waals surface area contributed by atoms with E-state index in [4.69, 9.17) is 0 Å². The second-order valence-electron chi connectivity index (χ2n) is 6.49. The van der Waals surface area contributed by atoms with Crippen molar-refractivity contribution in [2.24, 2.45) is 0 Å². The predicted molar refractivity (Wildman–Crippen MR) is 108 cm³/mol. The van der Waals surface area contributed by atoms with E-state index in [1.807, 2.05) is 6.92 Å². The fourth-order valence-corrected chi connectivity index (χ4v) is 5.12. The smallest absolute Gasteiger partial charge is 0.263 e. The fraction of sp³-hybridized carbons (Fsp3) is 0.368. The van der Waals surface area contributed by atoms with Crippen LogP contribution in [0.4, 0.5) is 0 Å². The molecule has 1 fully saturated rings. The second kappa shape index (κ2) is 8.24. The van der Waals surface area contributed by atoms with Gasteiger partial charge >= 0.3 is 0 Å². The molecule has 4 heterocycles. The number of amides is 1. The molecule has 0 aromatic carbocycles. The number of aromatic nitrogens is 3. The van der Waals surface area contributed by atoms with E-state index in [-0.39, 0.29) is 11.9 Å². The molecule has 140 valence electrons. The van der Waals surface area contributed by atoms with Crippen LogP contribution in [0.3, 0.4) is 0 Å². The number of hydrogen-bond acceptors (Lipinski definition) is 7. The topological polar surface area (TPSA) is 71.0 Å². The van der Waals surface area contributed by atoms with E-state index in [2.05, 4.69) is 42.7 Å². The van der Waals surface area contributed by atoms with Crippen LogP contribution in [-0.4, -0.2) is 45.4 Å². The molecular formula is C19H21N5OS2. The number of hydrogen-bond donors (Lipinski definition) is 1. The Morgan fingerprint density at radius 1 is 1.26 bits per heavy atom. The van der Waals surface area contributed by atoms with Gasteiger partial charge in [-0.25, -0.2) is 15.0 Å². The number of likely N-dealkylation sites (tertiary alicyclic amines) is 1. The molecule has 1 amide bonds. The first-order chi connectivity index (χ1) is 13.2. The summed E-state index contributed by atoms with van der Waals surface area (Å²) >= 11 is 3.09. The molecule has 0 bridgehead atoms. The van der Waals surface area contributed by atoms with Crippen LogP contribution in [0.25, 0.3) is 10.8 Å². The number of aryl methyl sites for hydroxylation is 1. The van der Waals surface area contributed by atoms with Gasteiger partial charge in [-0.2, -0.15) is 0 Å². The lowest BCUT2D eigenvalue weighted by Gasteiger charge is -2.26. The molecule has 0 aliphatic carbocycles. The van der Waals surface area contributed by atoms with Gasteiger partial charge in [0.15, 0.2) is 10.8 Å². The highest BCUT2D eigenvalue weighted by molar-refractivity contribution is 7.17. The van der Waals surface area contributed by atoms with E-state index >= 15 is 0 Å². The van der Waals surface area contributed by atoms with Gasteiger partial charge in [0.1, 0.15) is 4.88 Å². The molecule has 1 aliphatic heterocycles. The Hall–Kier alpha value is -2.16. The van der Waals surface area contributed by atoms with Crippen LogP contribution in [0.1, 0.15) is 39.1 Å². The maximum atomic E-state index is 12.8. The van der Waals surface area contributed by atoms with Crippen molar-refractivity contribution in [1.29, 1.82) is 0 Å². The molecule has 3 aromatic rings. The summed E-state index contributed by atoms with van der Waals surface area (Å²) in [6, 6.07) is 6.23. The number of carbonyl (C=O) groups is 1. The minimum absolute atomic E-state index is 0.0760. The number of nitrogens with zero attached hydrogens (tertiary/aromatic N) is 4. The standard InChI is InChI=1S/C19H21N5OS2/c1-13-16(27-19(23-13)17-20-7-5-8-21-17)18(25)22-12-14(15-6-4-11-26-15)24-9-2-3-10-24/h4-8,11,14H,2-3,9-10,12H2,1H3,(H,22,25). The Bertz CT molecular complexity index is 888. The first kappa shape index (κ1) is 18.2. The average molecular weight is 400 g/mol. The van der Waals surface area contributed by atoms with E-state index in [9.17, 15) is 4.79 Å². The van der Waals surface area contributed by atoms with Crippen LogP contribution in [0.2, 0.25) is 0 Å². The molecule has 27 heavy (non-hydrogen) atoms. The highest BCUT2D eigenvalue weighted by Gasteiger charge is 2.25. The first-order valence-corrected chi connectivity index (χ1v) is 10.7. The van der Waals surface area contributed by atoms with Crippen molar-refractivity contribution in [1.82, 2.24) is 25.2 Å². The Kier molecular flexibility index (Phi) is 5.56. The summed E-state index contributed by atoms with van der Waals surface area (Å²) in [5, 5.41) is 5.90. The molecule has 0 radical (unpaired) electrons. The van der Waals surface area contributed by atoms with Gasteiger partial charge in [-0.15, -0.1) is 22.7 Å². The number of thiophene rings is 1. The van der Waals surface area contributed by atoms with Gasteiger partial charge in [0.25, 0.3) is 5.91 Å². The zero-order chi connectivity index (χ0) is 18.6. The summed E-state index contributed by atoms with van der Waals surface area (Å²) in [5.41, 5.74) is 0.716. The van der Waals surface area contributed by atoms with Crippen LogP contribution in [-0.2, 0) is 0 Å². The van der Waals surface area contributed by atoms with Gasteiger partial charge < -0.3 is 5.32 Å². The molecule has 3 aromatic heterocycles. The molecule has 1 saturated heterocycles. The second-order valence-corrected chi connectivity index (χ2v) is 8.47. The first-order valence-electron chi connectivity index (χ1n) is 9.03. The van der Waals surface area contributed by atoms with Crippen molar-refractivity contribution in [2.45, 2.75) is 25.8 Å². The van der Waals surface area contributed by atoms with Gasteiger partial charge in [0, 0.05) is 23.8 Å². The summed E-state index contributed by atoms with van der Waals surface area (Å²) in [7, 11) is 0. The maximum absolute atomic E-state index is 12.8. The van der Waals surface area contributed by atoms with E-state index in [0.717, 1.165) is 13.1 Å². The number of nitrogens with one attached hydrogen (secondary N) is 1. The van der Waals surface area contributed by atoms with Gasteiger partial charge in [0.05, 0.1) is 11.7 Å². The Morgan fingerprint density at radius 3 is 2.74 bits per heavy atom. The fourth-order valence-electron chi connectivity index (χ4n) is 3.33. The van der Waals surface area contributed by atoms with Crippen LogP contribution >= 0.6 is 22.7 Å². The minimum Gasteiger partial charge on any atom is -0.349 e. The summed E-state index contributed by atoms with van der Waals surface area (Å²) in [4.78, 5) is 30.1. The molecule has 0 saturated carbocycles. The zero-order valence-corrected chi connectivity index (χ0v) is 16.7. The van der Waals surface area contributed by atoms with Gasteiger partial charge in [-0.1, -0.05) is 6.07 Å². The summed E-state index contributed by atoms with van der Waals surface area (Å²) < 4.78 is 0. The predicted octanol–water partition coefficient (Wildman–Crippen LogP) is 3.54. The molecule has 4 rings (SSSR count). The van der Waals surface area contributed by atoms with Crippen LogP contribution in [0.5, 0.6) is 0 Å². The molecule has 1 aliphatic rings. The summed E-state index contributed by atoms with van der Waals surface area (Å²) in [6.45, 7) is 4.64. The van der Waals surface area contributed by atoms with Crippen molar-refractivity contribution in [3.63, 3.8) is 0 Å². The molecule has 1 atom stereocenters. The Labute approximate surface area is 166 Å². The highest BCUT2D eigenvalue weighted by Crippen LogP contribution is 2.29. The largest absolute Gasteiger partial charge is 0.349 e. The zero-order valence-electron chi connectivity index (χ0n) is 15.1. The lowest BCUT2D eigenvalue weighted by Crippen LogP contribution is -2.36. The van der Waals surface area contributed by atoms with Gasteiger partial charge in [-0.3, -0.25) is 9.69 Å². The van der Waals surface area contributed by atoms with Crippen molar-refractivity contribution in [3.05, 3.63) is 51.4 Å². The SMILES string of the molecule is Cc1nc(-c2ncccn2)sc1C(=O)NCC(c1cccs1)N1CCCC1. The van der Waals surface area contributed by atoms with Gasteiger partial charge in [-0.05, 0) is 50.4 Å². The third kappa shape index (κ3) is 4.07. The number of thiazole rings is 1. The third-order valence-electron chi connectivity index (χ3n) is 4.67. The van der Waals surface area contributed by atoms with Crippen LogP contribution in [0.15, 0.2) is 36.0 Å². The summed E-state index contributed by atoms with van der Waals surface area (Å²) in [5.74, 6) is 0.478. The maximum Gasteiger partial charge on any atom is 0.263 e. The Morgan fingerprint density at radius 2 is 2.04 bits per heavy atom. The van der Waals surface area contributed by atoms with Gasteiger partial charge in [0.2, 0.25) is 0 Å². The normalized spacial score (nSPS) is 15.7. The molecule has 1 N–H and O–H groups in total. The van der Waals surface area contributed by atoms with Crippen molar-refractivity contribution >= 4 is 28.6 Å². The highest BCUT2D eigenvalue weighted by atomic mass is 32.1. The molecular weight excluding hydrogens is 378 g/mol. The molecule has 6 nitrogen and oxygen atoms in total. The lowest BCUT2D eigenvalue weighted by atomic mass is 10.2. The van der Waals surface area contributed by atoms with Crippen LogP contribution < -0.4 is 5.32 Å². The molecule has 1 unspecified atom stereocenters. The van der Waals surface area contributed by atoms with E-state index in [1.165, 1.54) is 29.1 Å². The van der Waals surface area contributed by atoms with Crippen LogP contribution in [0, 0.1) is 6.92 Å². The van der Waals surface area contributed by atoms with Crippen molar-refractivity contribution in [2.75, 3.05) is 19.6 Å². The third-order valence-corrected chi connectivity index (χ3v) is 6.79. The molecule has 0 spiro atoms.